The van der Waals surface area contributed by atoms with E-state index in [0.29, 0.717) is 11.3 Å². The molecule has 1 amide bonds. The second-order valence-electron chi connectivity index (χ2n) is 8.16. The predicted molar refractivity (Wildman–Crippen MR) is 137 cm³/mol. The number of carboxylic acid groups (broad SMARTS) is 1. The van der Waals surface area contributed by atoms with Crippen molar-refractivity contribution in [2.24, 2.45) is 4.99 Å². The molecule has 0 N–H and O–H groups in total. The largest absolute Gasteiger partial charge is 1.00 e. The van der Waals surface area contributed by atoms with E-state index in [1.807, 2.05) is 78.9 Å². The molecule has 36 heavy (non-hydrogen) atoms. The molecule has 0 saturated heterocycles. The molecule has 1 aliphatic heterocycles. The molecular weight excluding hydrogens is 483 g/mol. The van der Waals surface area contributed by atoms with Gasteiger partial charge in [0.1, 0.15) is 5.75 Å². The number of hydrogen-bond acceptors (Lipinski definition) is 5. The Kier molecular flexibility index (Phi) is 8.16. The van der Waals surface area contributed by atoms with Crippen LogP contribution < -0.4 is 39.4 Å². The fraction of sp³-hybridized carbons (Fsp3) is 0.107. The van der Waals surface area contributed by atoms with Crippen molar-refractivity contribution in [1.82, 2.24) is 4.57 Å². The Balaban J connectivity index is 0.00000304. The fourth-order valence-corrected chi connectivity index (χ4v) is 5.00. The summed E-state index contributed by atoms with van der Waals surface area (Å²) in [5.41, 5.74) is 4.95. The average molecular weight is 505 g/mol. The molecule has 174 valence electrons. The van der Waals surface area contributed by atoms with Crippen molar-refractivity contribution < 1.29 is 49.0 Å². The van der Waals surface area contributed by atoms with E-state index in [2.05, 4.69) is 4.99 Å². The van der Waals surface area contributed by atoms with Gasteiger partial charge < -0.3 is 19.2 Å². The van der Waals surface area contributed by atoms with Crippen LogP contribution in [0.3, 0.4) is 0 Å². The molecular formula is C28H21N2NaO4S. The summed E-state index contributed by atoms with van der Waals surface area (Å²) in [4.78, 5) is 28.2. The summed E-state index contributed by atoms with van der Waals surface area (Å²) in [5, 5.41) is 12.6. The number of methoxy groups -OCH3 is 1. The zero-order valence-corrected chi connectivity index (χ0v) is 22.7. The number of hydrogen-bond donors (Lipinski definition) is 0. The zero-order chi connectivity index (χ0) is 24.4. The molecule has 1 aromatic heterocycles. The quantitative estimate of drug-likeness (QED) is 0.280. The Morgan fingerprint density at radius 2 is 1.72 bits per heavy atom. The number of ether oxygens (including phenoxy) is 1. The topological polar surface area (TPSA) is 83.7 Å². The van der Waals surface area contributed by atoms with E-state index in [9.17, 15) is 14.7 Å². The molecule has 0 saturated carbocycles. The first-order valence-corrected chi connectivity index (χ1v) is 11.8. The number of carbonyl (C=O) groups excluding carboxylic acids is 2. The first-order chi connectivity index (χ1) is 17.0. The van der Waals surface area contributed by atoms with Crippen molar-refractivity contribution in [1.29, 1.82) is 0 Å². The van der Waals surface area contributed by atoms with Crippen molar-refractivity contribution in [3.05, 3.63) is 95.0 Å². The first-order valence-electron chi connectivity index (χ1n) is 11.0. The maximum absolute atomic E-state index is 12.5. The number of thioether (sulfide) groups is 1. The summed E-state index contributed by atoms with van der Waals surface area (Å²) >= 11 is 1.39. The maximum Gasteiger partial charge on any atom is 1.00 e. The molecule has 0 spiro atoms. The number of aliphatic carboxylic acids is 1. The van der Waals surface area contributed by atoms with Crippen LogP contribution in [0.25, 0.3) is 28.1 Å². The number of carboxylic acids is 1. The van der Waals surface area contributed by atoms with Crippen LogP contribution in [0.4, 0.5) is 0 Å². The second kappa shape index (κ2) is 11.3. The number of amides is 1. The number of nitrogens with zero attached hydrogens (tertiary/aromatic N) is 2. The smallest absolute Gasteiger partial charge is 0.548 e. The van der Waals surface area contributed by atoms with E-state index in [1.165, 1.54) is 11.8 Å². The van der Waals surface area contributed by atoms with Gasteiger partial charge in [0, 0.05) is 18.1 Å². The van der Waals surface area contributed by atoms with E-state index < -0.39 is 5.97 Å². The Morgan fingerprint density at radius 1 is 1.03 bits per heavy atom. The molecule has 8 heteroatoms. The monoisotopic (exact) mass is 504 g/mol. The summed E-state index contributed by atoms with van der Waals surface area (Å²) in [6, 6.07) is 23.6. The van der Waals surface area contributed by atoms with E-state index in [0.717, 1.165) is 43.9 Å². The summed E-state index contributed by atoms with van der Waals surface area (Å²) in [6.45, 7) is -0.185. The summed E-state index contributed by atoms with van der Waals surface area (Å²) in [6.07, 6.45) is 4.13. The standard InChI is InChI=1S/C28H22N2O4S.Na/c1-34-23-9-7-21(8-10-23)20-5-2-18(3-6-20)15-25-28(33)29-26(35-25)16-19-4-11-24-22(14-19)12-13-30(24)17-27(31)32;/h2-15H,16-17H2,1H3,(H,31,32);/q;+1/p-1. The minimum atomic E-state index is -1.13. The van der Waals surface area contributed by atoms with E-state index in [4.69, 9.17) is 4.74 Å². The molecule has 3 aromatic carbocycles. The predicted octanol–water partition coefficient (Wildman–Crippen LogP) is 1.33. The Morgan fingerprint density at radius 3 is 2.39 bits per heavy atom. The number of fused-ring (bicyclic) bond motifs is 1. The minimum Gasteiger partial charge on any atom is -0.548 e. The van der Waals surface area contributed by atoms with Gasteiger partial charge in [-0.25, -0.2) is 4.99 Å². The molecule has 0 bridgehead atoms. The van der Waals surface area contributed by atoms with Gasteiger partial charge in [0.25, 0.3) is 5.91 Å². The van der Waals surface area contributed by atoms with Gasteiger partial charge in [-0.05, 0) is 64.0 Å². The normalized spacial score (nSPS) is 14.1. The van der Waals surface area contributed by atoms with Crippen LogP contribution in [-0.2, 0) is 22.6 Å². The number of rotatable bonds is 7. The molecule has 6 nitrogen and oxygen atoms in total. The summed E-state index contributed by atoms with van der Waals surface area (Å²) < 4.78 is 6.85. The van der Waals surface area contributed by atoms with Crippen molar-refractivity contribution in [2.45, 2.75) is 13.0 Å². The molecule has 2 heterocycles. The number of benzene rings is 3. The molecule has 1 aliphatic rings. The van der Waals surface area contributed by atoms with Crippen LogP contribution >= 0.6 is 11.8 Å². The van der Waals surface area contributed by atoms with Gasteiger partial charge in [-0.2, -0.15) is 0 Å². The van der Waals surface area contributed by atoms with E-state index in [-0.39, 0.29) is 42.0 Å². The van der Waals surface area contributed by atoms with Crippen LogP contribution in [0.5, 0.6) is 5.75 Å². The molecule has 0 fully saturated rings. The Hall–Kier alpha value is -3.10. The van der Waals surface area contributed by atoms with Crippen molar-refractivity contribution in [3.63, 3.8) is 0 Å². The SMILES string of the molecule is COc1ccc(-c2ccc(C=C3SC(Cc4ccc5c(ccn5CC(=O)[O-])c4)=NC3=O)cc2)cc1.[Na+]. The molecule has 0 aliphatic carbocycles. The van der Waals surface area contributed by atoms with Gasteiger partial charge in [-0.1, -0.05) is 54.2 Å². The van der Waals surface area contributed by atoms with Crippen LogP contribution in [0.15, 0.2) is 88.9 Å². The zero-order valence-electron chi connectivity index (χ0n) is 19.9. The van der Waals surface area contributed by atoms with Crippen molar-refractivity contribution >= 4 is 45.7 Å². The molecule has 0 unspecified atom stereocenters. The fourth-order valence-electron chi connectivity index (χ4n) is 4.05. The second-order valence-corrected chi connectivity index (χ2v) is 9.27. The maximum atomic E-state index is 12.5. The molecule has 5 rings (SSSR count). The summed E-state index contributed by atoms with van der Waals surface area (Å²) in [5.74, 6) is -0.543. The molecule has 4 aromatic rings. The van der Waals surface area contributed by atoms with Crippen LogP contribution in [0.1, 0.15) is 11.1 Å². The van der Waals surface area contributed by atoms with Crippen LogP contribution in [-0.4, -0.2) is 28.6 Å². The van der Waals surface area contributed by atoms with Gasteiger partial charge in [-0.3, -0.25) is 4.79 Å². The van der Waals surface area contributed by atoms with Gasteiger partial charge in [-0.15, -0.1) is 0 Å². The average Bonchev–Trinajstić information content (AvgIpc) is 3.41. The third-order valence-electron chi connectivity index (χ3n) is 5.79. The van der Waals surface area contributed by atoms with E-state index >= 15 is 0 Å². The third kappa shape index (κ3) is 5.82. The minimum absolute atomic E-state index is 0. The Bertz CT molecular complexity index is 1490. The Labute approximate surface area is 235 Å². The van der Waals surface area contributed by atoms with E-state index in [1.54, 1.807) is 17.9 Å². The molecule has 0 atom stereocenters. The summed E-state index contributed by atoms with van der Waals surface area (Å²) in [7, 11) is 1.65. The van der Waals surface area contributed by atoms with Crippen molar-refractivity contribution in [3.8, 4) is 16.9 Å². The van der Waals surface area contributed by atoms with Crippen LogP contribution in [0, 0.1) is 0 Å². The van der Waals surface area contributed by atoms with Gasteiger partial charge in [0.05, 0.1) is 29.6 Å². The number of carbonyl (C=O) groups is 2. The molecule has 0 radical (unpaired) electrons. The first kappa shape index (κ1) is 26.0. The number of aromatic nitrogens is 1. The van der Waals surface area contributed by atoms with Crippen molar-refractivity contribution in [2.75, 3.05) is 7.11 Å². The number of aliphatic imine (C=N–C) groups is 1. The van der Waals surface area contributed by atoms with Gasteiger partial charge >= 0.3 is 29.6 Å². The van der Waals surface area contributed by atoms with Gasteiger partial charge in [0.2, 0.25) is 0 Å². The van der Waals surface area contributed by atoms with Gasteiger partial charge in [0.15, 0.2) is 0 Å². The third-order valence-corrected chi connectivity index (χ3v) is 6.77. The van der Waals surface area contributed by atoms with Crippen LogP contribution in [0.2, 0.25) is 0 Å².